The predicted octanol–water partition coefficient (Wildman–Crippen LogP) is 2.42. The SMILES string of the molecule is Cc1cnc(NN=C(C2=NCCN2Cc2ccc(Cl)nc2)[N+](=O)[O-])s1. The number of nitro groups is 1. The van der Waals surface area contributed by atoms with Crippen molar-refractivity contribution in [1.82, 2.24) is 14.9 Å². The van der Waals surface area contributed by atoms with E-state index in [1.807, 2.05) is 13.0 Å². The average molecular weight is 380 g/mol. The molecule has 3 heterocycles. The molecule has 0 atom stereocenters. The van der Waals surface area contributed by atoms with Crippen molar-refractivity contribution in [1.29, 1.82) is 0 Å². The summed E-state index contributed by atoms with van der Waals surface area (Å²) in [7, 11) is 0. The molecule has 0 saturated carbocycles. The number of hydrogen-bond acceptors (Lipinski definition) is 9. The van der Waals surface area contributed by atoms with E-state index in [0.29, 0.717) is 29.9 Å². The molecule has 11 heteroatoms. The number of nitrogens with zero attached hydrogens (tertiary/aromatic N) is 6. The Morgan fingerprint density at radius 3 is 2.96 bits per heavy atom. The highest BCUT2D eigenvalue weighted by Gasteiger charge is 2.31. The first-order valence-electron chi connectivity index (χ1n) is 7.33. The number of thiazole rings is 1. The largest absolute Gasteiger partial charge is 0.430 e. The Hall–Kier alpha value is -2.59. The van der Waals surface area contributed by atoms with Crippen molar-refractivity contribution < 1.29 is 4.92 Å². The number of aliphatic imine (C=N–C) groups is 1. The van der Waals surface area contributed by atoms with Crippen molar-refractivity contribution >= 4 is 39.7 Å². The van der Waals surface area contributed by atoms with E-state index in [-0.39, 0.29) is 11.7 Å². The second-order valence-electron chi connectivity index (χ2n) is 5.20. The van der Waals surface area contributed by atoms with Crippen LogP contribution in [0.5, 0.6) is 0 Å². The number of hydrogen-bond donors (Lipinski definition) is 1. The molecule has 0 bridgehead atoms. The van der Waals surface area contributed by atoms with Gasteiger partial charge in [0, 0.05) is 30.4 Å². The van der Waals surface area contributed by atoms with E-state index in [4.69, 9.17) is 11.6 Å². The van der Waals surface area contributed by atoms with Crippen LogP contribution in [0, 0.1) is 17.0 Å². The molecule has 0 aliphatic carbocycles. The summed E-state index contributed by atoms with van der Waals surface area (Å²) in [5.41, 5.74) is 3.51. The number of aromatic nitrogens is 2. The van der Waals surface area contributed by atoms with Gasteiger partial charge in [-0.15, -0.1) is 0 Å². The van der Waals surface area contributed by atoms with E-state index in [0.717, 1.165) is 10.4 Å². The minimum absolute atomic E-state index is 0.237. The summed E-state index contributed by atoms with van der Waals surface area (Å²) in [6.07, 6.45) is 3.30. The zero-order valence-corrected chi connectivity index (χ0v) is 14.8. The normalized spacial score (nSPS) is 14.6. The minimum atomic E-state index is -0.551. The number of anilines is 1. The molecule has 0 saturated heterocycles. The molecule has 1 aliphatic rings. The van der Waals surface area contributed by atoms with Crippen molar-refractivity contribution in [2.45, 2.75) is 13.5 Å². The molecule has 130 valence electrons. The summed E-state index contributed by atoms with van der Waals surface area (Å²) in [5, 5.41) is 16.2. The number of amidine groups is 2. The topological polar surface area (TPSA) is 109 Å². The summed E-state index contributed by atoms with van der Waals surface area (Å²) < 4.78 is 0. The van der Waals surface area contributed by atoms with Crippen molar-refractivity contribution in [2.24, 2.45) is 10.1 Å². The van der Waals surface area contributed by atoms with Gasteiger partial charge in [0.1, 0.15) is 5.15 Å². The van der Waals surface area contributed by atoms with Crippen LogP contribution in [0.15, 0.2) is 34.6 Å². The van der Waals surface area contributed by atoms with E-state index >= 15 is 0 Å². The molecule has 0 amide bonds. The van der Waals surface area contributed by atoms with Crippen LogP contribution >= 0.6 is 22.9 Å². The van der Waals surface area contributed by atoms with Gasteiger partial charge >= 0.3 is 5.84 Å². The zero-order chi connectivity index (χ0) is 17.8. The Bertz CT molecular complexity index is 834. The minimum Gasteiger partial charge on any atom is -0.358 e. The zero-order valence-electron chi connectivity index (χ0n) is 13.2. The number of pyridine rings is 1. The smallest absolute Gasteiger partial charge is 0.358 e. The van der Waals surface area contributed by atoms with E-state index in [2.05, 4.69) is 25.5 Å². The first kappa shape index (κ1) is 17.2. The Balaban J connectivity index is 1.77. The van der Waals surface area contributed by atoms with Gasteiger partial charge in [0.25, 0.3) is 0 Å². The fraction of sp³-hybridized carbons (Fsp3) is 0.286. The molecule has 2 aromatic heterocycles. The highest BCUT2D eigenvalue weighted by molar-refractivity contribution is 7.15. The monoisotopic (exact) mass is 379 g/mol. The second-order valence-corrected chi connectivity index (χ2v) is 6.82. The van der Waals surface area contributed by atoms with Crippen LogP contribution in [0.25, 0.3) is 0 Å². The van der Waals surface area contributed by atoms with Crippen LogP contribution in [0.2, 0.25) is 5.15 Å². The van der Waals surface area contributed by atoms with Crippen LogP contribution in [0.1, 0.15) is 10.4 Å². The summed E-state index contributed by atoms with van der Waals surface area (Å²) >= 11 is 7.14. The molecule has 1 aliphatic heterocycles. The first-order valence-corrected chi connectivity index (χ1v) is 8.53. The second kappa shape index (κ2) is 7.53. The number of nitrogens with one attached hydrogen (secondary N) is 1. The third kappa shape index (κ3) is 4.28. The first-order chi connectivity index (χ1) is 12.0. The molecule has 9 nitrogen and oxygen atoms in total. The van der Waals surface area contributed by atoms with E-state index < -0.39 is 4.92 Å². The quantitative estimate of drug-likeness (QED) is 0.281. The maximum Gasteiger partial charge on any atom is 0.430 e. The van der Waals surface area contributed by atoms with E-state index in [9.17, 15) is 10.1 Å². The predicted molar refractivity (Wildman–Crippen MR) is 96.9 cm³/mol. The highest BCUT2D eigenvalue weighted by atomic mass is 35.5. The molecule has 1 N–H and O–H groups in total. The van der Waals surface area contributed by atoms with Crippen LogP contribution in [-0.4, -0.2) is 44.6 Å². The average Bonchev–Trinajstić information content (AvgIpc) is 3.19. The third-order valence-electron chi connectivity index (χ3n) is 3.34. The van der Waals surface area contributed by atoms with Crippen molar-refractivity contribution in [3.05, 3.63) is 50.2 Å². The molecule has 25 heavy (non-hydrogen) atoms. The van der Waals surface area contributed by atoms with Crippen molar-refractivity contribution in [2.75, 3.05) is 18.5 Å². The van der Waals surface area contributed by atoms with Crippen LogP contribution < -0.4 is 5.43 Å². The number of halogens is 1. The van der Waals surface area contributed by atoms with Crippen LogP contribution in [0.3, 0.4) is 0 Å². The van der Waals surface area contributed by atoms with Gasteiger partial charge in [0.2, 0.25) is 11.0 Å². The van der Waals surface area contributed by atoms with Gasteiger partial charge in [0.15, 0.2) is 0 Å². The lowest BCUT2D eigenvalue weighted by atomic mass is 10.2. The van der Waals surface area contributed by atoms with Crippen molar-refractivity contribution in [3.63, 3.8) is 0 Å². The summed E-state index contributed by atoms with van der Waals surface area (Å²) in [5.74, 6) is -0.104. The number of aryl methyl sites for hydroxylation is 1. The van der Waals surface area contributed by atoms with Crippen LogP contribution in [-0.2, 0) is 6.54 Å². The van der Waals surface area contributed by atoms with Crippen molar-refractivity contribution in [3.8, 4) is 0 Å². The van der Waals surface area contributed by atoms with Gasteiger partial charge < -0.3 is 15.0 Å². The highest BCUT2D eigenvalue weighted by Crippen LogP contribution is 2.17. The van der Waals surface area contributed by atoms with E-state index in [1.165, 1.54) is 11.3 Å². The maximum atomic E-state index is 11.4. The lowest BCUT2D eigenvalue weighted by Crippen LogP contribution is -2.37. The van der Waals surface area contributed by atoms with Gasteiger partial charge in [-0.2, -0.15) is 5.43 Å². The summed E-state index contributed by atoms with van der Waals surface area (Å²) in [6, 6.07) is 3.50. The van der Waals surface area contributed by atoms with Gasteiger partial charge in [0.05, 0.1) is 11.6 Å². The van der Waals surface area contributed by atoms with E-state index in [1.54, 1.807) is 23.4 Å². The maximum absolute atomic E-state index is 11.4. The van der Waals surface area contributed by atoms with Crippen LogP contribution in [0.4, 0.5) is 5.13 Å². The third-order valence-corrected chi connectivity index (χ3v) is 4.39. The van der Waals surface area contributed by atoms with Gasteiger partial charge in [-0.25, -0.2) is 9.97 Å². The summed E-state index contributed by atoms with van der Waals surface area (Å²) in [6.45, 7) is 3.37. The standard InChI is InChI=1S/C14H14ClN7O2S/c1-9-6-18-14(25-9)20-19-13(22(23)24)12-16-4-5-21(12)8-10-2-3-11(15)17-7-10/h2-3,6-7H,4-5,8H2,1H3,(H,18,20). The van der Waals surface area contributed by atoms with Gasteiger partial charge in [-0.05, 0) is 23.5 Å². The molecule has 3 rings (SSSR count). The Labute approximate surface area is 152 Å². The Morgan fingerprint density at radius 2 is 2.32 bits per heavy atom. The number of hydrazone groups is 1. The molecule has 0 spiro atoms. The molecular weight excluding hydrogens is 366 g/mol. The lowest BCUT2D eigenvalue weighted by Gasteiger charge is -2.17. The fourth-order valence-corrected chi connectivity index (χ4v) is 2.97. The fourth-order valence-electron chi connectivity index (χ4n) is 2.25. The Kier molecular flexibility index (Phi) is 5.19. The van der Waals surface area contributed by atoms with Gasteiger partial charge in [-0.1, -0.05) is 29.0 Å². The Morgan fingerprint density at radius 1 is 1.48 bits per heavy atom. The lowest BCUT2D eigenvalue weighted by molar-refractivity contribution is -0.346. The summed E-state index contributed by atoms with van der Waals surface area (Å²) in [4.78, 5) is 26.0. The molecular formula is C14H14ClN7O2S. The number of rotatable bonds is 5. The van der Waals surface area contributed by atoms with Gasteiger partial charge in [-0.3, -0.25) is 4.99 Å². The molecule has 0 aromatic carbocycles. The molecule has 2 aromatic rings. The molecule has 0 radical (unpaired) electrons. The molecule has 0 unspecified atom stereocenters. The molecule has 0 fully saturated rings.